The summed E-state index contributed by atoms with van der Waals surface area (Å²) in [4.78, 5) is 8.11. The lowest BCUT2D eigenvalue weighted by Crippen LogP contribution is -2.18. The zero-order valence-corrected chi connectivity index (χ0v) is 17.8. The molecular formula is C19H16BrClF4N4O. The Labute approximate surface area is 182 Å². The molecule has 0 bridgehead atoms. The highest BCUT2D eigenvalue weighted by molar-refractivity contribution is 9.10. The lowest BCUT2D eigenvalue weighted by atomic mass is 10.0. The number of rotatable bonds is 6. The van der Waals surface area contributed by atoms with Crippen molar-refractivity contribution in [3.8, 4) is 0 Å². The highest BCUT2D eigenvalue weighted by Crippen LogP contribution is 2.39. The summed E-state index contributed by atoms with van der Waals surface area (Å²) in [7, 11) is 0. The molecule has 0 unspecified atom stereocenters. The Morgan fingerprint density at radius 3 is 2.63 bits per heavy atom. The van der Waals surface area contributed by atoms with Crippen molar-refractivity contribution in [1.82, 2.24) is 9.97 Å². The number of aromatic nitrogens is 2. The highest BCUT2D eigenvalue weighted by Gasteiger charge is 2.35. The summed E-state index contributed by atoms with van der Waals surface area (Å²) in [5, 5.41) is 15.0. The number of aliphatic hydroxyl groups is 1. The van der Waals surface area contributed by atoms with Gasteiger partial charge in [-0.05, 0) is 52.2 Å². The molecule has 0 aliphatic heterocycles. The molecule has 3 N–H and O–H groups in total. The van der Waals surface area contributed by atoms with E-state index < -0.39 is 23.6 Å². The number of hydrogen-bond acceptors (Lipinski definition) is 5. The Balaban J connectivity index is 2.06. The molecule has 1 aromatic heterocycles. The molecule has 5 nitrogen and oxygen atoms in total. The Hall–Kier alpha value is -2.17. The molecule has 2 aromatic carbocycles. The fourth-order valence-electron chi connectivity index (χ4n) is 3.03. The summed E-state index contributed by atoms with van der Waals surface area (Å²) in [6.45, 7) is 1.26. The number of halogens is 6. The van der Waals surface area contributed by atoms with E-state index in [0.29, 0.717) is 10.9 Å². The van der Waals surface area contributed by atoms with Crippen molar-refractivity contribution in [2.24, 2.45) is 0 Å². The van der Waals surface area contributed by atoms with Gasteiger partial charge in [0.1, 0.15) is 11.6 Å². The van der Waals surface area contributed by atoms with Crippen molar-refractivity contribution in [3.05, 3.63) is 57.0 Å². The van der Waals surface area contributed by atoms with E-state index in [1.807, 2.05) is 0 Å². The third kappa shape index (κ3) is 4.76. The summed E-state index contributed by atoms with van der Waals surface area (Å²) in [5.74, 6) is -0.298. The fourth-order valence-corrected chi connectivity index (χ4v) is 3.55. The van der Waals surface area contributed by atoms with Gasteiger partial charge in [-0.3, -0.25) is 0 Å². The van der Waals surface area contributed by atoms with Crippen molar-refractivity contribution >= 4 is 49.9 Å². The maximum absolute atomic E-state index is 13.9. The van der Waals surface area contributed by atoms with Crippen molar-refractivity contribution in [2.75, 3.05) is 23.8 Å². The Kier molecular flexibility index (Phi) is 6.68. The normalized spacial score (nSPS) is 12.8. The third-order valence-corrected chi connectivity index (χ3v) is 5.12. The number of nitrogens with one attached hydrogen (secondary N) is 2. The van der Waals surface area contributed by atoms with Crippen LogP contribution in [-0.4, -0.2) is 28.2 Å². The van der Waals surface area contributed by atoms with Crippen LogP contribution in [0.4, 0.5) is 29.1 Å². The van der Waals surface area contributed by atoms with E-state index in [9.17, 15) is 17.6 Å². The van der Waals surface area contributed by atoms with Crippen LogP contribution in [0.15, 0.2) is 34.8 Å². The highest BCUT2D eigenvalue weighted by atomic mass is 79.9. The fraction of sp³-hybridized carbons (Fsp3) is 0.263. The molecule has 30 heavy (non-hydrogen) atoms. The van der Waals surface area contributed by atoms with Gasteiger partial charge in [-0.2, -0.15) is 13.2 Å². The van der Waals surface area contributed by atoms with Crippen LogP contribution in [0, 0.1) is 5.82 Å². The number of benzene rings is 2. The van der Waals surface area contributed by atoms with Gasteiger partial charge in [0.15, 0.2) is 0 Å². The third-order valence-electron chi connectivity index (χ3n) is 4.35. The first kappa shape index (κ1) is 22.5. The number of aliphatic hydroxyl groups excluding tert-OH is 1. The first-order valence-electron chi connectivity index (χ1n) is 8.75. The Morgan fingerprint density at radius 2 is 1.97 bits per heavy atom. The van der Waals surface area contributed by atoms with Crippen LogP contribution in [0.25, 0.3) is 10.9 Å². The molecular weight excluding hydrogens is 492 g/mol. The second-order valence-electron chi connectivity index (χ2n) is 6.41. The monoisotopic (exact) mass is 506 g/mol. The van der Waals surface area contributed by atoms with E-state index in [2.05, 4.69) is 36.5 Å². The maximum Gasteiger partial charge on any atom is 0.418 e. The molecule has 0 radical (unpaired) electrons. The van der Waals surface area contributed by atoms with Gasteiger partial charge in [-0.1, -0.05) is 12.1 Å². The molecule has 1 heterocycles. The average Bonchev–Trinajstić information content (AvgIpc) is 2.66. The van der Waals surface area contributed by atoms with Crippen molar-refractivity contribution in [3.63, 3.8) is 0 Å². The molecule has 0 amide bonds. The summed E-state index contributed by atoms with van der Waals surface area (Å²) in [6, 6.07) is 5.80. The van der Waals surface area contributed by atoms with Crippen LogP contribution in [0.1, 0.15) is 24.1 Å². The van der Waals surface area contributed by atoms with E-state index >= 15 is 0 Å². The predicted octanol–water partition coefficient (Wildman–Crippen LogP) is 5.78. The topological polar surface area (TPSA) is 70.1 Å². The minimum absolute atomic E-state index is 0.0543. The zero-order valence-electron chi connectivity index (χ0n) is 15.5. The molecule has 11 heteroatoms. The quantitative estimate of drug-likeness (QED) is 0.291. The number of fused-ring (bicyclic) bond motifs is 1. The molecule has 0 fully saturated rings. The number of para-hydroxylation sites is 1. The van der Waals surface area contributed by atoms with Gasteiger partial charge in [0.05, 0.1) is 33.9 Å². The lowest BCUT2D eigenvalue weighted by Gasteiger charge is -2.23. The van der Waals surface area contributed by atoms with Gasteiger partial charge >= 0.3 is 6.18 Å². The minimum Gasteiger partial charge on any atom is -0.395 e. The van der Waals surface area contributed by atoms with Crippen molar-refractivity contribution in [1.29, 1.82) is 0 Å². The smallest absolute Gasteiger partial charge is 0.395 e. The summed E-state index contributed by atoms with van der Waals surface area (Å²) in [5.41, 5.74) is -0.441. The molecule has 0 saturated carbocycles. The van der Waals surface area contributed by atoms with Crippen LogP contribution >= 0.6 is 27.5 Å². The molecule has 0 aliphatic rings. The number of nitrogens with zero attached hydrogens (tertiary/aromatic N) is 2. The molecule has 3 aromatic rings. The molecule has 1 atom stereocenters. The Bertz CT molecular complexity index is 1080. The molecule has 0 aliphatic carbocycles. The molecule has 160 valence electrons. The Morgan fingerprint density at radius 1 is 1.23 bits per heavy atom. The van der Waals surface area contributed by atoms with E-state index in [1.165, 1.54) is 24.3 Å². The van der Waals surface area contributed by atoms with E-state index in [-0.39, 0.29) is 39.9 Å². The lowest BCUT2D eigenvalue weighted by molar-refractivity contribution is -0.137. The van der Waals surface area contributed by atoms with E-state index in [1.54, 1.807) is 6.92 Å². The molecule has 0 saturated heterocycles. The predicted molar refractivity (Wildman–Crippen MR) is 111 cm³/mol. The van der Waals surface area contributed by atoms with E-state index in [4.69, 9.17) is 16.7 Å². The van der Waals surface area contributed by atoms with Gasteiger partial charge in [0, 0.05) is 18.0 Å². The largest absolute Gasteiger partial charge is 0.418 e. The number of anilines is 2. The van der Waals surface area contributed by atoms with E-state index in [0.717, 1.165) is 6.07 Å². The van der Waals surface area contributed by atoms with Gasteiger partial charge in [0.25, 0.3) is 0 Å². The number of alkyl halides is 3. The summed E-state index contributed by atoms with van der Waals surface area (Å²) >= 11 is 9.05. The van der Waals surface area contributed by atoms with Gasteiger partial charge < -0.3 is 15.7 Å². The van der Waals surface area contributed by atoms with Crippen LogP contribution in [0.3, 0.4) is 0 Å². The first-order valence-corrected chi connectivity index (χ1v) is 9.92. The van der Waals surface area contributed by atoms with Crippen LogP contribution in [0.5, 0.6) is 0 Å². The molecule has 0 spiro atoms. The second-order valence-corrected chi connectivity index (χ2v) is 7.60. The first-order chi connectivity index (χ1) is 14.1. The zero-order chi connectivity index (χ0) is 22.1. The SMILES string of the molecule is C[C@@H](Nc1nc(Cl)nc2cc(F)c(Br)cc12)c1cccc(C(F)(F)F)c1NCCO. The van der Waals surface area contributed by atoms with Crippen molar-refractivity contribution < 1.29 is 22.7 Å². The van der Waals surface area contributed by atoms with Gasteiger partial charge in [-0.15, -0.1) is 0 Å². The van der Waals surface area contributed by atoms with Gasteiger partial charge in [0.2, 0.25) is 5.28 Å². The van der Waals surface area contributed by atoms with Crippen LogP contribution < -0.4 is 10.6 Å². The summed E-state index contributed by atoms with van der Waals surface area (Å²) < 4.78 is 54.5. The minimum atomic E-state index is -4.58. The maximum atomic E-state index is 13.9. The number of hydrogen-bond donors (Lipinski definition) is 3. The van der Waals surface area contributed by atoms with Crippen LogP contribution in [-0.2, 0) is 6.18 Å². The van der Waals surface area contributed by atoms with Crippen molar-refractivity contribution in [2.45, 2.75) is 19.1 Å². The van der Waals surface area contributed by atoms with Crippen LogP contribution in [0.2, 0.25) is 5.28 Å². The second kappa shape index (κ2) is 8.91. The average molecular weight is 508 g/mol. The van der Waals surface area contributed by atoms with Gasteiger partial charge in [-0.25, -0.2) is 14.4 Å². The summed E-state index contributed by atoms with van der Waals surface area (Å²) in [6.07, 6.45) is -4.58. The standard InChI is InChI=1S/C19H16BrClF4N4O/c1-9(10-3-2-4-12(19(23,24)25)16(10)26-5-6-30)27-17-11-7-13(20)14(22)8-15(11)28-18(21)29-17/h2-4,7-9,26,30H,5-6H2,1H3,(H,27,28,29)/t9-/m1/s1. The molecule has 3 rings (SSSR count).